The van der Waals surface area contributed by atoms with E-state index in [1.807, 2.05) is 31.2 Å². The summed E-state index contributed by atoms with van der Waals surface area (Å²) in [5.41, 5.74) is 1.17. The molecule has 0 spiro atoms. The average molecular weight is 279 g/mol. The van der Waals surface area contributed by atoms with Crippen molar-refractivity contribution in [1.29, 1.82) is 0 Å². The molecule has 0 saturated heterocycles. The molecule has 0 unspecified atom stereocenters. The van der Waals surface area contributed by atoms with E-state index in [-0.39, 0.29) is 0 Å². The molecule has 1 rings (SSSR count). The Hall–Kier alpha value is -1.52. The summed E-state index contributed by atoms with van der Waals surface area (Å²) in [5, 5.41) is 3.31. The molecule has 0 aromatic heterocycles. The predicted octanol–water partition coefficient (Wildman–Crippen LogP) is 2.78. The molecule has 4 nitrogen and oxygen atoms in total. The van der Waals surface area contributed by atoms with Crippen molar-refractivity contribution in [2.75, 3.05) is 33.5 Å². The minimum Gasteiger partial charge on any atom is -0.490 e. The molecular formula is C16H25NO3. The van der Waals surface area contributed by atoms with Crippen LogP contribution >= 0.6 is 0 Å². The molecule has 0 amide bonds. The molecule has 20 heavy (non-hydrogen) atoms. The fraction of sp³-hybridized carbons (Fsp3) is 0.500. The molecule has 1 aromatic rings. The normalized spacial score (nSPS) is 10.3. The zero-order valence-electron chi connectivity index (χ0n) is 12.5. The van der Waals surface area contributed by atoms with Gasteiger partial charge in [0.25, 0.3) is 0 Å². The van der Waals surface area contributed by atoms with E-state index in [4.69, 9.17) is 14.2 Å². The van der Waals surface area contributed by atoms with Crippen LogP contribution in [0.2, 0.25) is 0 Å². The van der Waals surface area contributed by atoms with Crippen molar-refractivity contribution in [2.45, 2.75) is 19.9 Å². The smallest absolute Gasteiger partial charge is 0.161 e. The largest absolute Gasteiger partial charge is 0.490 e. The highest BCUT2D eigenvalue weighted by Crippen LogP contribution is 2.28. The van der Waals surface area contributed by atoms with Crippen LogP contribution in [-0.2, 0) is 11.3 Å². The highest BCUT2D eigenvalue weighted by molar-refractivity contribution is 5.43. The van der Waals surface area contributed by atoms with Gasteiger partial charge in [-0.1, -0.05) is 12.1 Å². The summed E-state index contributed by atoms with van der Waals surface area (Å²) in [5.74, 6) is 1.58. The molecule has 0 aliphatic carbocycles. The fourth-order valence-corrected chi connectivity index (χ4v) is 1.71. The lowest BCUT2D eigenvalue weighted by Gasteiger charge is -2.13. The second-order valence-electron chi connectivity index (χ2n) is 4.31. The van der Waals surface area contributed by atoms with Crippen LogP contribution in [0.3, 0.4) is 0 Å². The van der Waals surface area contributed by atoms with Crippen molar-refractivity contribution >= 4 is 0 Å². The Morgan fingerprint density at radius 1 is 1.20 bits per heavy atom. The third kappa shape index (κ3) is 6.08. The number of ether oxygens (including phenoxy) is 3. The molecular weight excluding hydrogens is 254 g/mol. The first kappa shape index (κ1) is 16.5. The van der Waals surface area contributed by atoms with Crippen LogP contribution in [0.5, 0.6) is 11.5 Å². The minimum atomic E-state index is 0.620. The van der Waals surface area contributed by atoms with Gasteiger partial charge in [0, 0.05) is 20.2 Å². The molecule has 112 valence electrons. The molecule has 1 N–H and O–H groups in total. The monoisotopic (exact) mass is 279 g/mol. The van der Waals surface area contributed by atoms with Gasteiger partial charge in [0.15, 0.2) is 11.5 Å². The third-order valence-electron chi connectivity index (χ3n) is 2.70. The van der Waals surface area contributed by atoms with Gasteiger partial charge in [-0.2, -0.15) is 0 Å². The summed E-state index contributed by atoms with van der Waals surface area (Å²) >= 11 is 0. The van der Waals surface area contributed by atoms with E-state index in [2.05, 4.69) is 11.9 Å². The third-order valence-corrected chi connectivity index (χ3v) is 2.70. The van der Waals surface area contributed by atoms with Crippen LogP contribution in [0.4, 0.5) is 0 Å². The van der Waals surface area contributed by atoms with Gasteiger partial charge < -0.3 is 19.5 Å². The number of methoxy groups -OCH3 is 1. The molecule has 0 saturated carbocycles. The van der Waals surface area contributed by atoms with E-state index in [0.29, 0.717) is 19.8 Å². The average Bonchev–Trinajstić information content (AvgIpc) is 2.46. The van der Waals surface area contributed by atoms with Crippen LogP contribution in [0.15, 0.2) is 30.9 Å². The molecule has 0 fully saturated rings. The Balaban J connectivity index is 2.60. The van der Waals surface area contributed by atoms with Crippen molar-refractivity contribution in [3.05, 3.63) is 36.4 Å². The molecule has 4 heteroatoms. The zero-order valence-corrected chi connectivity index (χ0v) is 12.5. The lowest BCUT2D eigenvalue weighted by atomic mass is 10.2. The van der Waals surface area contributed by atoms with E-state index in [1.54, 1.807) is 7.11 Å². The van der Waals surface area contributed by atoms with E-state index in [0.717, 1.165) is 31.0 Å². The van der Waals surface area contributed by atoms with Crippen molar-refractivity contribution in [3.8, 4) is 11.5 Å². The summed E-state index contributed by atoms with van der Waals surface area (Å²) in [6.45, 7) is 9.23. The van der Waals surface area contributed by atoms with Crippen molar-refractivity contribution in [3.63, 3.8) is 0 Å². The lowest BCUT2D eigenvalue weighted by Crippen LogP contribution is -2.18. The molecule has 0 heterocycles. The van der Waals surface area contributed by atoms with Crippen LogP contribution < -0.4 is 14.8 Å². The number of rotatable bonds is 11. The van der Waals surface area contributed by atoms with Gasteiger partial charge in [-0.25, -0.2) is 0 Å². The Morgan fingerprint density at radius 3 is 2.75 bits per heavy atom. The van der Waals surface area contributed by atoms with E-state index in [1.165, 1.54) is 5.56 Å². The highest BCUT2D eigenvalue weighted by atomic mass is 16.5. The quantitative estimate of drug-likeness (QED) is 0.499. The molecule has 0 atom stereocenters. The zero-order chi connectivity index (χ0) is 14.6. The molecule has 0 bridgehead atoms. The van der Waals surface area contributed by atoms with Gasteiger partial charge in [0.05, 0.1) is 19.8 Å². The maximum absolute atomic E-state index is 5.69. The maximum atomic E-state index is 5.69. The fourth-order valence-electron chi connectivity index (χ4n) is 1.71. The second kappa shape index (κ2) is 10.3. The van der Waals surface area contributed by atoms with Gasteiger partial charge in [-0.15, -0.1) is 6.58 Å². The first-order chi connectivity index (χ1) is 9.81. The number of nitrogens with one attached hydrogen (secondary N) is 1. The van der Waals surface area contributed by atoms with Crippen LogP contribution in [0, 0.1) is 0 Å². The lowest BCUT2D eigenvalue weighted by molar-refractivity contribution is 0.199. The molecule has 0 radical (unpaired) electrons. The maximum Gasteiger partial charge on any atom is 0.161 e. The SMILES string of the molecule is C=CCCOc1ccc(CNCCOC)cc1OCC. The Bertz CT molecular complexity index is 393. The molecule has 0 aliphatic rings. The summed E-state index contributed by atoms with van der Waals surface area (Å²) in [6, 6.07) is 6.03. The Morgan fingerprint density at radius 2 is 2.05 bits per heavy atom. The van der Waals surface area contributed by atoms with Gasteiger partial charge >= 0.3 is 0 Å². The van der Waals surface area contributed by atoms with E-state index < -0.39 is 0 Å². The van der Waals surface area contributed by atoms with Crippen molar-refractivity contribution < 1.29 is 14.2 Å². The van der Waals surface area contributed by atoms with Crippen molar-refractivity contribution in [2.24, 2.45) is 0 Å². The van der Waals surface area contributed by atoms with Gasteiger partial charge in [-0.05, 0) is 31.0 Å². The highest BCUT2D eigenvalue weighted by Gasteiger charge is 2.06. The summed E-state index contributed by atoms with van der Waals surface area (Å²) in [6.07, 6.45) is 2.67. The first-order valence-corrected chi connectivity index (χ1v) is 7.00. The van der Waals surface area contributed by atoms with Crippen LogP contribution in [-0.4, -0.2) is 33.5 Å². The summed E-state index contributed by atoms with van der Waals surface area (Å²) in [4.78, 5) is 0. The number of benzene rings is 1. The summed E-state index contributed by atoms with van der Waals surface area (Å²) < 4.78 is 16.3. The van der Waals surface area contributed by atoms with Gasteiger partial charge in [0.2, 0.25) is 0 Å². The first-order valence-electron chi connectivity index (χ1n) is 7.00. The standard InChI is InChI=1S/C16H25NO3/c1-4-6-10-20-15-8-7-14(12-16(15)19-5-2)13-17-9-11-18-3/h4,7-8,12,17H,1,5-6,9-11,13H2,2-3H3. The van der Waals surface area contributed by atoms with Crippen molar-refractivity contribution in [1.82, 2.24) is 5.32 Å². The Labute approximate surface area is 121 Å². The number of hydrogen-bond donors (Lipinski definition) is 1. The van der Waals surface area contributed by atoms with Crippen LogP contribution in [0.25, 0.3) is 0 Å². The predicted molar refractivity (Wildman–Crippen MR) is 81.5 cm³/mol. The Kier molecular flexibility index (Phi) is 8.51. The van der Waals surface area contributed by atoms with Crippen LogP contribution in [0.1, 0.15) is 18.9 Å². The minimum absolute atomic E-state index is 0.620. The van der Waals surface area contributed by atoms with Gasteiger partial charge in [0.1, 0.15) is 0 Å². The topological polar surface area (TPSA) is 39.7 Å². The molecule has 0 aliphatic heterocycles. The molecule has 1 aromatic carbocycles. The number of hydrogen-bond acceptors (Lipinski definition) is 4. The van der Waals surface area contributed by atoms with E-state index in [9.17, 15) is 0 Å². The second-order valence-corrected chi connectivity index (χ2v) is 4.31. The van der Waals surface area contributed by atoms with Gasteiger partial charge in [-0.3, -0.25) is 0 Å². The van der Waals surface area contributed by atoms with E-state index >= 15 is 0 Å². The summed E-state index contributed by atoms with van der Waals surface area (Å²) in [7, 11) is 1.70.